The fourth-order valence-electron chi connectivity index (χ4n) is 1.08. The van der Waals surface area contributed by atoms with E-state index in [2.05, 4.69) is 10.1 Å². The SMILES string of the molecule is COC(=O)C(CCNC(=O)OC(C)(C)C)OC. The molecular weight excluding hydrogens is 226 g/mol. The van der Waals surface area contributed by atoms with Crippen LogP contribution in [-0.2, 0) is 19.0 Å². The summed E-state index contributed by atoms with van der Waals surface area (Å²) in [5.41, 5.74) is -0.535. The third kappa shape index (κ3) is 7.57. The molecule has 0 rings (SSSR count). The highest BCUT2D eigenvalue weighted by Crippen LogP contribution is 2.06. The van der Waals surface area contributed by atoms with Crippen LogP contribution in [0.5, 0.6) is 0 Å². The molecule has 100 valence electrons. The minimum absolute atomic E-state index is 0.280. The van der Waals surface area contributed by atoms with Crippen molar-refractivity contribution in [2.24, 2.45) is 0 Å². The van der Waals surface area contributed by atoms with Gasteiger partial charge in [-0.05, 0) is 20.8 Å². The number of carbonyl (C=O) groups excluding carboxylic acids is 2. The summed E-state index contributed by atoms with van der Waals surface area (Å²) in [4.78, 5) is 22.4. The molecule has 1 N–H and O–H groups in total. The van der Waals surface area contributed by atoms with Gasteiger partial charge in [0.15, 0.2) is 6.10 Å². The summed E-state index contributed by atoms with van der Waals surface area (Å²) in [5, 5.41) is 2.53. The van der Waals surface area contributed by atoms with Gasteiger partial charge in [-0.3, -0.25) is 0 Å². The zero-order chi connectivity index (χ0) is 13.5. The smallest absolute Gasteiger partial charge is 0.407 e. The van der Waals surface area contributed by atoms with Crippen molar-refractivity contribution >= 4 is 12.1 Å². The van der Waals surface area contributed by atoms with E-state index in [9.17, 15) is 9.59 Å². The summed E-state index contributed by atoms with van der Waals surface area (Å²) >= 11 is 0. The molecule has 1 amide bonds. The molecule has 1 unspecified atom stereocenters. The average molecular weight is 247 g/mol. The second-order valence-corrected chi connectivity index (χ2v) is 4.46. The van der Waals surface area contributed by atoms with Crippen molar-refractivity contribution in [3.63, 3.8) is 0 Å². The first-order valence-electron chi connectivity index (χ1n) is 5.37. The van der Waals surface area contributed by atoms with Crippen molar-refractivity contribution in [3.05, 3.63) is 0 Å². The van der Waals surface area contributed by atoms with Gasteiger partial charge in [-0.2, -0.15) is 0 Å². The van der Waals surface area contributed by atoms with E-state index in [-0.39, 0.29) is 6.54 Å². The zero-order valence-corrected chi connectivity index (χ0v) is 11.0. The fraction of sp³-hybridized carbons (Fsp3) is 0.818. The van der Waals surface area contributed by atoms with Crippen LogP contribution in [0.1, 0.15) is 27.2 Å². The number of ether oxygens (including phenoxy) is 3. The van der Waals surface area contributed by atoms with Gasteiger partial charge in [-0.25, -0.2) is 9.59 Å². The minimum atomic E-state index is -0.671. The van der Waals surface area contributed by atoms with Crippen molar-refractivity contribution in [1.29, 1.82) is 0 Å². The summed E-state index contributed by atoms with van der Waals surface area (Å²) < 4.78 is 14.5. The van der Waals surface area contributed by atoms with Crippen LogP contribution in [0.4, 0.5) is 4.79 Å². The molecule has 0 aliphatic carbocycles. The van der Waals surface area contributed by atoms with Crippen LogP contribution in [0.25, 0.3) is 0 Å². The molecule has 0 spiro atoms. The van der Waals surface area contributed by atoms with Gasteiger partial charge in [0.25, 0.3) is 0 Å². The van der Waals surface area contributed by atoms with Crippen molar-refractivity contribution in [2.75, 3.05) is 20.8 Å². The Kier molecular flexibility index (Phi) is 6.57. The number of carbonyl (C=O) groups is 2. The van der Waals surface area contributed by atoms with Gasteiger partial charge in [-0.15, -0.1) is 0 Å². The van der Waals surface area contributed by atoms with Crippen LogP contribution in [-0.4, -0.2) is 44.5 Å². The predicted octanol–water partition coefficient (Wildman–Crippen LogP) is 1.09. The van der Waals surface area contributed by atoms with Crippen LogP contribution in [0, 0.1) is 0 Å². The second-order valence-electron chi connectivity index (χ2n) is 4.46. The molecule has 6 heteroatoms. The molecular formula is C11H21NO5. The quantitative estimate of drug-likeness (QED) is 0.736. The van der Waals surface area contributed by atoms with E-state index >= 15 is 0 Å². The number of hydrogen-bond donors (Lipinski definition) is 1. The lowest BCUT2D eigenvalue weighted by molar-refractivity contribution is -0.152. The lowest BCUT2D eigenvalue weighted by Gasteiger charge is -2.20. The number of amides is 1. The lowest BCUT2D eigenvalue weighted by atomic mass is 10.2. The summed E-state index contributed by atoms with van der Waals surface area (Å²) in [5.74, 6) is -0.460. The van der Waals surface area contributed by atoms with Gasteiger partial charge in [0.1, 0.15) is 5.60 Å². The number of esters is 1. The molecule has 0 aromatic heterocycles. The van der Waals surface area contributed by atoms with Crippen LogP contribution in [0.2, 0.25) is 0 Å². The number of nitrogens with one attached hydrogen (secondary N) is 1. The van der Waals surface area contributed by atoms with Crippen LogP contribution in [0.15, 0.2) is 0 Å². The Morgan fingerprint density at radius 1 is 1.24 bits per heavy atom. The Morgan fingerprint density at radius 2 is 1.82 bits per heavy atom. The molecule has 0 aromatic rings. The van der Waals surface area contributed by atoms with E-state index in [4.69, 9.17) is 9.47 Å². The summed E-state index contributed by atoms with van der Waals surface area (Å²) in [6.07, 6.45) is -0.852. The third-order valence-electron chi connectivity index (χ3n) is 1.82. The molecule has 0 radical (unpaired) electrons. The Hall–Kier alpha value is -1.30. The topological polar surface area (TPSA) is 73.9 Å². The second kappa shape index (κ2) is 7.11. The van der Waals surface area contributed by atoms with Crippen LogP contribution in [0.3, 0.4) is 0 Å². The highest BCUT2D eigenvalue weighted by Gasteiger charge is 2.19. The highest BCUT2D eigenvalue weighted by molar-refractivity contribution is 5.74. The van der Waals surface area contributed by atoms with E-state index in [0.717, 1.165) is 0 Å². The monoisotopic (exact) mass is 247 g/mol. The minimum Gasteiger partial charge on any atom is -0.467 e. The molecule has 1 atom stereocenters. The molecule has 0 saturated heterocycles. The molecule has 6 nitrogen and oxygen atoms in total. The maximum atomic E-state index is 11.3. The molecule has 0 aliphatic rings. The highest BCUT2D eigenvalue weighted by atomic mass is 16.6. The molecule has 0 aliphatic heterocycles. The normalized spacial score (nSPS) is 12.8. The maximum Gasteiger partial charge on any atom is 0.407 e. The Labute approximate surface area is 102 Å². The van der Waals surface area contributed by atoms with E-state index in [0.29, 0.717) is 6.42 Å². The standard InChI is InChI=1S/C11H21NO5/c1-11(2,3)17-10(14)12-7-6-8(15-4)9(13)16-5/h8H,6-7H2,1-5H3,(H,12,14). The van der Waals surface area contributed by atoms with E-state index in [1.54, 1.807) is 20.8 Å². The van der Waals surface area contributed by atoms with Crippen molar-refractivity contribution in [3.8, 4) is 0 Å². The average Bonchev–Trinajstić information content (AvgIpc) is 2.21. The Morgan fingerprint density at radius 3 is 2.24 bits per heavy atom. The maximum absolute atomic E-state index is 11.3. The summed E-state index contributed by atoms with van der Waals surface area (Å²) in [7, 11) is 2.70. The summed E-state index contributed by atoms with van der Waals surface area (Å²) in [6.45, 7) is 5.61. The Bertz CT molecular complexity index is 259. The number of methoxy groups -OCH3 is 2. The van der Waals surface area contributed by atoms with Crippen LogP contribution < -0.4 is 5.32 Å². The molecule has 0 fully saturated rings. The predicted molar refractivity (Wildman–Crippen MR) is 61.7 cm³/mol. The van der Waals surface area contributed by atoms with Crippen molar-refractivity contribution in [1.82, 2.24) is 5.32 Å². The number of rotatable bonds is 5. The lowest BCUT2D eigenvalue weighted by Crippen LogP contribution is -2.35. The van der Waals surface area contributed by atoms with Gasteiger partial charge in [-0.1, -0.05) is 0 Å². The first-order valence-corrected chi connectivity index (χ1v) is 5.37. The van der Waals surface area contributed by atoms with Crippen LogP contribution >= 0.6 is 0 Å². The number of alkyl carbamates (subject to hydrolysis) is 1. The molecule has 0 saturated carbocycles. The Balaban J connectivity index is 3.90. The molecule has 0 heterocycles. The van der Waals surface area contributed by atoms with E-state index in [1.165, 1.54) is 14.2 Å². The van der Waals surface area contributed by atoms with Gasteiger partial charge in [0.2, 0.25) is 0 Å². The zero-order valence-electron chi connectivity index (χ0n) is 11.0. The van der Waals surface area contributed by atoms with Gasteiger partial charge in [0, 0.05) is 20.1 Å². The van der Waals surface area contributed by atoms with Crippen molar-refractivity contribution in [2.45, 2.75) is 38.9 Å². The summed E-state index contributed by atoms with van der Waals surface area (Å²) in [6, 6.07) is 0. The van der Waals surface area contributed by atoms with Gasteiger partial charge < -0.3 is 19.5 Å². The number of hydrogen-bond acceptors (Lipinski definition) is 5. The molecule has 17 heavy (non-hydrogen) atoms. The first kappa shape index (κ1) is 15.7. The largest absolute Gasteiger partial charge is 0.467 e. The fourth-order valence-corrected chi connectivity index (χ4v) is 1.08. The van der Waals surface area contributed by atoms with Gasteiger partial charge in [0.05, 0.1) is 7.11 Å². The molecule has 0 aromatic carbocycles. The van der Waals surface area contributed by atoms with Gasteiger partial charge >= 0.3 is 12.1 Å². The van der Waals surface area contributed by atoms with E-state index in [1.807, 2.05) is 0 Å². The third-order valence-corrected chi connectivity index (χ3v) is 1.82. The van der Waals surface area contributed by atoms with Crippen molar-refractivity contribution < 1.29 is 23.8 Å². The molecule has 0 bridgehead atoms. The van der Waals surface area contributed by atoms with E-state index < -0.39 is 23.8 Å². The first-order chi connectivity index (χ1) is 7.80.